The van der Waals surface area contributed by atoms with Crippen molar-refractivity contribution in [3.05, 3.63) is 0 Å². The summed E-state index contributed by atoms with van der Waals surface area (Å²) in [6.45, 7) is 2.17. The molecule has 0 saturated carbocycles. The van der Waals surface area contributed by atoms with Gasteiger partial charge in [-0.2, -0.15) is 0 Å². The minimum absolute atomic E-state index is 0.425. The van der Waals surface area contributed by atoms with Crippen LogP contribution in [0.2, 0.25) is 0 Å². The fourth-order valence-electron chi connectivity index (χ4n) is 2.29. The van der Waals surface area contributed by atoms with Crippen LogP contribution in [0.5, 0.6) is 0 Å². The van der Waals surface area contributed by atoms with E-state index < -0.39 is 37.3 Å². The van der Waals surface area contributed by atoms with E-state index in [4.69, 9.17) is 14.6 Å². The van der Waals surface area contributed by atoms with Gasteiger partial charge in [-0.3, -0.25) is 0 Å². The normalized spacial score (nSPS) is 34.4. The number of ether oxygens (including phenoxy) is 2. The first-order chi connectivity index (χ1) is 9.61. The van der Waals surface area contributed by atoms with Gasteiger partial charge in [-0.1, -0.05) is 39.0 Å². The molecule has 0 aromatic carbocycles. The van der Waals surface area contributed by atoms with Crippen molar-refractivity contribution in [2.45, 2.75) is 76.2 Å². The highest BCUT2D eigenvalue weighted by molar-refractivity contribution is 4.88. The van der Waals surface area contributed by atoms with E-state index in [9.17, 15) is 15.3 Å². The van der Waals surface area contributed by atoms with E-state index in [1.54, 1.807) is 0 Å². The van der Waals surface area contributed by atoms with E-state index in [2.05, 4.69) is 6.92 Å². The SMILES string of the molecule is CCCCCCCCO[C@@H]1O[C@H](CO)[C@H](O)[C@H](O)[C@H]1O. The second-order valence-electron chi connectivity index (χ2n) is 5.34. The van der Waals surface area contributed by atoms with Crippen molar-refractivity contribution in [2.75, 3.05) is 13.2 Å². The van der Waals surface area contributed by atoms with Crippen molar-refractivity contribution >= 4 is 0 Å². The van der Waals surface area contributed by atoms with Crippen molar-refractivity contribution in [1.82, 2.24) is 0 Å². The molecule has 6 heteroatoms. The Balaban J connectivity index is 2.21. The molecule has 0 aromatic rings. The second-order valence-corrected chi connectivity index (χ2v) is 5.34. The Labute approximate surface area is 120 Å². The summed E-state index contributed by atoms with van der Waals surface area (Å²) >= 11 is 0. The molecule has 4 N–H and O–H groups in total. The lowest BCUT2D eigenvalue weighted by Gasteiger charge is -2.39. The first-order valence-corrected chi connectivity index (χ1v) is 7.54. The minimum Gasteiger partial charge on any atom is -0.394 e. The summed E-state index contributed by atoms with van der Waals surface area (Å²) in [7, 11) is 0. The number of unbranched alkanes of at least 4 members (excludes halogenated alkanes) is 5. The van der Waals surface area contributed by atoms with Gasteiger partial charge in [-0.05, 0) is 6.42 Å². The monoisotopic (exact) mass is 292 g/mol. The van der Waals surface area contributed by atoms with E-state index in [0.717, 1.165) is 19.3 Å². The average molecular weight is 292 g/mol. The predicted octanol–water partition coefficient (Wildman–Crippen LogP) is 0.163. The summed E-state index contributed by atoms with van der Waals surface area (Å²) in [5, 5.41) is 38.0. The minimum atomic E-state index is -1.37. The van der Waals surface area contributed by atoms with Crippen LogP contribution in [0.3, 0.4) is 0 Å². The van der Waals surface area contributed by atoms with Gasteiger partial charge in [0.15, 0.2) is 6.29 Å². The topological polar surface area (TPSA) is 99.4 Å². The molecular weight excluding hydrogens is 264 g/mol. The molecule has 0 spiro atoms. The molecule has 1 fully saturated rings. The van der Waals surface area contributed by atoms with E-state index >= 15 is 0 Å². The Bertz CT molecular complexity index is 248. The van der Waals surface area contributed by atoms with Gasteiger partial charge in [0.05, 0.1) is 6.61 Å². The predicted molar refractivity (Wildman–Crippen MR) is 73.1 cm³/mol. The zero-order chi connectivity index (χ0) is 15.0. The highest BCUT2D eigenvalue weighted by Gasteiger charge is 2.43. The third-order valence-corrected chi connectivity index (χ3v) is 3.63. The van der Waals surface area contributed by atoms with Crippen molar-refractivity contribution < 1.29 is 29.9 Å². The lowest BCUT2D eigenvalue weighted by Crippen LogP contribution is -2.59. The van der Waals surface area contributed by atoms with Crippen LogP contribution in [0.1, 0.15) is 45.4 Å². The van der Waals surface area contributed by atoms with Crippen LogP contribution in [0, 0.1) is 0 Å². The number of aliphatic hydroxyl groups excluding tert-OH is 4. The third kappa shape index (κ3) is 5.27. The molecule has 6 nitrogen and oxygen atoms in total. The molecule has 5 atom stereocenters. The number of hydrogen-bond acceptors (Lipinski definition) is 6. The summed E-state index contributed by atoms with van der Waals surface area (Å²) in [4.78, 5) is 0. The van der Waals surface area contributed by atoms with E-state index in [1.165, 1.54) is 19.3 Å². The van der Waals surface area contributed by atoms with Gasteiger partial charge in [0.2, 0.25) is 0 Å². The van der Waals surface area contributed by atoms with Crippen molar-refractivity contribution in [1.29, 1.82) is 0 Å². The summed E-state index contributed by atoms with van der Waals surface area (Å²) in [6, 6.07) is 0. The molecule has 120 valence electrons. The van der Waals surface area contributed by atoms with Gasteiger partial charge in [-0.25, -0.2) is 0 Å². The van der Waals surface area contributed by atoms with Gasteiger partial charge in [-0.15, -0.1) is 0 Å². The standard InChI is InChI=1S/C14H28O6/c1-2-3-4-5-6-7-8-19-14-13(18)12(17)11(16)10(9-15)20-14/h10-18H,2-9H2,1H3/t10-,11+,12+,13-,14-/m1/s1. The average Bonchev–Trinajstić information content (AvgIpc) is 2.46. The summed E-state index contributed by atoms with van der Waals surface area (Å²) in [5.74, 6) is 0. The molecule has 0 aromatic heterocycles. The van der Waals surface area contributed by atoms with Crippen LogP contribution in [0.4, 0.5) is 0 Å². The van der Waals surface area contributed by atoms with Crippen molar-refractivity contribution in [3.8, 4) is 0 Å². The van der Waals surface area contributed by atoms with Crippen LogP contribution in [0.25, 0.3) is 0 Å². The van der Waals surface area contributed by atoms with Gasteiger partial charge in [0, 0.05) is 6.61 Å². The molecule has 0 aliphatic carbocycles. The van der Waals surface area contributed by atoms with E-state index in [1.807, 2.05) is 0 Å². The first kappa shape index (κ1) is 17.8. The quantitative estimate of drug-likeness (QED) is 0.452. The molecule has 0 bridgehead atoms. The highest BCUT2D eigenvalue weighted by atomic mass is 16.7. The maximum absolute atomic E-state index is 9.75. The molecule has 20 heavy (non-hydrogen) atoms. The number of rotatable bonds is 9. The Kier molecular flexibility index (Phi) is 8.60. The maximum atomic E-state index is 9.75. The molecule has 0 amide bonds. The number of hydrogen-bond donors (Lipinski definition) is 4. The molecule has 0 unspecified atom stereocenters. The molecule has 1 aliphatic rings. The smallest absolute Gasteiger partial charge is 0.186 e. The van der Waals surface area contributed by atoms with Crippen LogP contribution in [0.15, 0.2) is 0 Å². The fraction of sp³-hybridized carbons (Fsp3) is 1.00. The highest BCUT2D eigenvalue weighted by Crippen LogP contribution is 2.22. The van der Waals surface area contributed by atoms with Gasteiger partial charge >= 0.3 is 0 Å². The summed E-state index contributed by atoms with van der Waals surface area (Å²) in [5.41, 5.74) is 0. The summed E-state index contributed by atoms with van der Waals surface area (Å²) < 4.78 is 10.6. The Hall–Kier alpha value is -0.240. The Morgan fingerprint density at radius 3 is 2.20 bits per heavy atom. The number of aliphatic hydroxyl groups is 4. The Morgan fingerprint density at radius 2 is 1.55 bits per heavy atom. The summed E-state index contributed by atoms with van der Waals surface area (Å²) in [6.07, 6.45) is 0.851. The first-order valence-electron chi connectivity index (χ1n) is 7.54. The lowest BCUT2D eigenvalue weighted by molar-refractivity contribution is -0.301. The molecule has 1 saturated heterocycles. The van der Waals surface area contributed by atoms with E-state index in [0.29, 0.717) is 6.61 Å². The van der Waals surface area contributed by atoms with Crippen molar-refractivity contribution in [3.63, 3.8) is 0 Å². The van der Waals surface area contributed by atoms with Crippen LogP contribution >= 0.6 is 0 Å². The zero-order valence-electron chi connectivity index (χ0n) is 12.1. The van der Waals surface area contributed by atoms with Crippen LogP contribution < -0.4 is 0 Å². The Morgan fingerprint density at radius 1 is 0.900 bits per heavy atom. The van der Waals surface area contributed by atoms with Crippen LogP contribution in [-0.4, -0.2) is 64.3 Å². The van der Waals surface area contributed by atoms with Gasteiger partial charge in [0.25, 0.3) is 0 Å². The zero-order valence-corrected chi connectivity index (χ0v) is 12.1. The largest absolute Gasteiger partial charge is 0.394 e. The molecule has 1 rings (SSSR count). The van der Waals surface area contributed by atoms with Crippen LogP contribution in [-0.2, 0) is 9.47 Å². The molecular formula is C14H28O6. The van der Waals surface area contributed by atoms with Gasteiger partial charge < -0.3 is 29.9 Å². The maximum Gasteiger partial charge on any atom is 0.186 e. The third-order valence-electron chi connectivity index (χ3n) is 3.63. The lowest BCUT2D eigenvalue weighted by atomic mass is 9.99. The molecule has 1 aliphatic heterocycles. The fourth-order valence-corrected chi connectivity index (χ4v) is 2.29. The van der Waals surface area contributed by atoms with Gasteiger partial charge in [0.1, 0.15) is 24.4 Å². The van der Waals surface area contributed by atoms with E-state index in [-0.39, 0.29) is 0 Å². The van der Waals surface area contributed by atoms with Crippen molar-refractivity contribution in [2.24, 2.45) is 0 Å². The molecule has 1 heterocycles. The molecule has 0 radical (unpaired) electrons. The second kappa shape index (κ2) is 9.65.